The topological polar surface area (TPSA) is 20.3 Å². The molecule has 1 aliphatic heterocycles. The lowest BCUT2D eigenvalue weighted by atomic mass is 10.0. The van der Waals surface area contributed by atoms with E-state index >= 15 is 0 Å². The van der Waals surface area contributed by atoms with Crippen LogP contribution in [0.2, 0.25) is 5.02 Å². The number of hydrogen-bond acceptors (Lipinski definition) is 1. The first-order chi connectivity index (χ1) is 10.3. The van der Waals surface area contributed by atoms with Crippen molar-refractivity contribution in [3.8, 4) is 0 Å². The van der Waals surface area contributed by atoms with Crippen LogP contribution in [-0.2, 0) is 11.0 Å². The van der Waals surface area contributed by atoms with Crippen LogP contribution in [0.3, 0.4) is 0 Å². The molecule has 0 aliphatic carbocycles. The van der Waals surface area contributed by atoms with E-state index in [9.17, 15) is 18.0 Å². The maximum Gasteiger partial charge on any atom is 0.417 e. The molecule has 1 amide bonds. The highest BCUT2D eigenvalue weighted by Crippen LogP contribution is 2.35. The molecule has 0 bridgehead atoms. The summed E-state index contributed by atoms with van der Waals surface area (Å²) in [5.74, 6) is -0.171. The lowest BCUT2D eigenvalue weighted by molar-refractivity contribution is -0.137. The average Bonchev–Trinajstić information content (AvgIpc) is 2.45. The summed E-state index contributed by atoms with van der Waals surface area (Å²) in [5.41, 5.74) is -0.593. The summed E-state index contributed by atoms with van der Waals surface area (Å²) >= 11 is 5.57. The van der Waals surface area contributed by atoms with Crippen molar-refractivity contribution in [2.45, 2.75) is 38.4 Å². The number of alkyl halides is 3. The first-order valence-electron chi connectivity index (χ1n) is 7.14. The Morgan fingerprint density at radius 3 is 2.73 bits per heavy atom. The van der Waals surface area contributed by atoms with E-state index < -0.39 is 11.7 Å². The van der Waals surface area contributed by atoms with E-state index in [1.165, 1.54) is 24.3 Å². The number of piperidine rings is 1. The molecule has 120 valence electrons. The molecular weight excluding hydrogens is 315 g/mol. The van der Waals surface area contributed by atoms with Crippen LogP contribution in [0, 0.1) is 0 Å². The molecule has 1 aromatic rings. The fourth-order valence-corrected chi connectivity index (χ4v) is 2.78. The zero-order valence-corrected chi connectivity index (χ0v) is 12.9. The van der Waals surface area contributed by atoms with Gasteiger partial charge < -0.3 is 4.90 Å². The number of amides is 1. The van der Waals surface area contributed by atoms with Crippen LogP contribution in [0.1, 0.15) is 37.3 Å². The van der Waals surface area contributed by atoms with Crippen LogP contribution >= 0.6 is 11.6 Å². The predicted octanol–water partition coefficient (Wildman–Crippen LogP) is 4.77. The Balaban J connectivity index is 2.14. The molecule has 1 atom stereocenters. The number of nitrogens with zero attached hydrogens (tertiary/aromatic N) is 1. The summed E-state index contributed by atoms with van der Waals surface area (Å²) in [5, 5.41) is -0.347. The summed E-state index contributed by atoms with van der Waals surface area (Å²) in [4.78, 5) is 13.9. The van der Waals surface area contributed by atoms with Gasteiger partial charge >= 0.3 is 6.18 Å². The summed E-state index contributed by atoms with van der Waals surface area (Å²) < 4.78 is 38.4. The van der Waals surface area contributed by atoms with E-state index in [0.29, 0.717) is 12.1 Å². The van der Waals surface area contributed by atoms with Crippen molar-refractivity contribution in [1.29, 1.82) is 0 Å². The third-order valence-electron chi connectivity index (χ3n) is 3.80. The molecule has 0 saturated carbocycles. The van der Waals surface area contributed by atoms with Crippen LogP contribution in [0.4, 0.5) is 13.2 Å². The molecule has 6 heteroatoms. The summed E-state index contributed by atoms with van der Waals surface area (Å²) in [6.07, 6.45) is 1.23. The summed E-state index contributed by atoms with van der Waals surface area (Å²) in [7, 11) is 0. The van der Waals surface area contributed by atoms with Crippen LogP contribution in [-0.4, -0.2) is 23.4 Å². The Hall–Kier alpha value is -1.49. The fraction of sp³-hybridized carbons (Fsp3) is 0.438. The van der Waals surface area contributed by atoms with Gasteiger partial charge in [-0.2, -0.15) is 13.2 Å². The minimum absolute atomic E-state index is 0.168. The van der Waals surface area contributed by atoms with Crippen molar-refractivity contribution < 1.29 is 18.0 Å². The zero-order chi connectivity index (χ0) is 16.3. The van der Waals surface area contributed by atoms with Crippen molar-refractivity contribution in [2.75, 3.05) is 6.54 Å². The molecule has 1 aromatic carbocycles. The van der Waals surface area contributed by atoms with E-state index in [-0.39, 0.29) is 17.0 Å². The standard InChI is InChI=1S/C16H17ClF3NO/c1-11-4-2-3-9-21(11)15(22)8-6-12-5-7-14(17)13(10-12)16(18,19)20/h5-8,10-11H,2-4,9H2,1H3/b8-6+. The Labute approximate surface area is 132 Å². The number of benzene rings is 1. The van der Waals surface area contributed by atoms with E-state index in [2.05, 4.69) is 0 Å². The van der Waals surface area contributed by atoms with Crippen molar-refractivity contribution >= 4 is 23.6 Å². The minimum Gasteiger partial charge on any atom is -0.336 e. The molecule has 22 heavy (non-hydrogen) atoms. The van der Waals surface area contributed by atoms with E-state index in [4.69, 9.17) is 11.6 Å². The van der Waals surface area contributed by atoms with Gasteiger partial charge in [0.2, 0.25) is 5.91 Å². The Bertz CT molecular complexity index is 583. The molecule has 1 heterocycles. The first kappa shape index (κ1) is 16.9. The molecule has 1 aliphatic rings. The van der Waals surface area contributed by atoms with Crippen LogP contribution < -0.4 is 0 Å². The molecule has 0 radical (unpaired) electrons. The monoisotopic (exact) mass is 331 g/mol. The van der Waals surface area contributed by atoms with Crippen molar-refractivity contribution in [1.82, 2.24) is 4.90 Å². The van der Waals surface area contributed by atoms with Gasteiger partial charge in [-0.25, -0.2) is 0 Å². The highest BCUT2D eigenvalue weighted by atomic mass is 35.5. The van der Waals surface area contributed by atoms with Gasteiger partial charge in [0.25, 0.3) is 0 Å². The van der Waals surface area contributed by atoms with Crippen LogP contribution in [0.15, 0.2) is 24.3 Å². The fourth-order valence-electron chi connectivity index (χ4n) is 2.55. The smallest absolute Gasteiger partial charge is 0.336 e. The van der Waals surface area contributed by atoms with E-state index in [1.54, 1.807) is 4.90 Å². The van der Waals surface area contributed by atoms with E-state index in [0.717, 1.165) is 25.3 Å². The third-order valence-corrected chi connectivity index (χ3v) is 4.13. The van der Waals surface area contributed by atoms with Gasteiger partial charge in [-0.1, -0.05) is 17.7 Å². The molecule has 1 unspecified atom stereocenters. The van der Waals surface area contributed by atoms with Crippen LogP contribution in [0.25, 0.3) is 6.08 Å². The highest BCUT2D eigenvalue weighted by molar-refractivity contribution is 6.31. The average molecular weight is 332 g/mol. The minimum atomic E-state index is -4.51. The molecule has 1 fully saturated rings. The van der Waals surface area contributed by atoms with Crippen molar-refractivity contribution in [3.05, 3.63) is 40.4 Å². The van der Waals surface area contributed by atoms with Gasteiger partial charge in [-0.3, -0.25) is 4.79 Å². The highest BCUT2D eigenvalue weighted by Gasteiger charge is 2.33. The number of halogens is 4. The maximum atomic E-state index is 12.8. The molecule has 2 rings (SSSR count). The molecule has 2 nitrogen and oxygen atoms in total. The second kappa shape index (κ2) is 6.73. The summed E-state index contributed by atoms with van der Waals surface area (Å²) in [6.45, 7) is 2.67. The SMILES string of the molecule is CC1CCCCN1C(=O)/C=C/c1ccc(Cl)c(C(F)(F)F)c1. The Morgan fingerprint density at radius 2 is 2.09 bits per heavy atom. The number of likely N-dealkylation sites (tertiary alicyclic amines) is 1. The van der Waals surface area contributed by atoms with E-state index in [1.807, 2.05) is 6.92 Å². The lowest BCUT2D eigenvalue weighted by Crippen LogP contribution is -2.41. The van der Waals surface area contributed by atoms with Gasteiger partial charge in [-0.15, -0.1) is 0 Å². The van der Waals surface area contributed by atoms with Gasteiger partial charge in [0, 0.05) is 18.7 Å². The lowest BCUT2D eigenvalue weighted by Gasteiger charge is -2.32. The van der Waals surface area contributed by atoms with Gasteiger partial charge in [0.15, 0.2) is 0 Å². The largest absolute Gasteiger partial charge is 0.417 e. The van der Waals surface area contributed by atoms with Crippen molar-refractivity contribution in [3.63, 3.8) is 0 Å². The molecule has 0 N–H and O–H groups in total. The maximum absolute atomic E-state index is 12.8. The quantitative estimate of drug-likeness (QED) is 0.715. The van der Waals surface area contributed by atoms with Gasteiger partial charge in [0.05, 0.1) is 10.6 Å². The van der Waals surface area contributed by atoms with Crippen molar-refractivity contribution in [2.24, 2.45) is 0 Å². The number of carbonyl (C=O) groups excluding carboxylic acids is 1. The number of rotatable bonds is 2. The summed E-state index contributed by atoms with van der Waals surface area (Å²) in [6, 6.07) is 3.77. The number of carbonyl (C=O) groups is 1. The normalized spacial score (nSPS) is 19.7. The molecule has 1 saturated heterocycles. The predicted molar refractivity (Wildman–Crippen MR) is 80.5 cm³/mol. The second-order valence-electron chi connectivity index (χ2n) is 5.45. The zero-order valence-electron chi connectivity index (χ0n) is 12.2. The third kappa shape index (κ3) is 4.03. The Kier molecular flexibility index (Phi) is 5.16. The second-order valence-corrected chi connectivity index (χ2v) is 5.85. The van der Waals surface area contributed by atoms with Gasteiger partial charge in [-0.05, 0) is 50.0 Å². The number of hydrogen-bond donors (Lipinski definition) is 0. The Morgan fingerprint density at radius 1 is 1.36 bits per heavy atom. The van der Waals surface area contributed by atoms with Gasteiger partial charge in [0.1, 0.15) is 0 Å². The van der Waals surface area contributed by atoms with Crippen LogP contribution in [0.5, 0.6) is 0 Å². The molecule has 0 aromatic heterocycles. The molecular formula is C16H17ClF3NO. The molecule has 0 spiro atoms. The first-order valence-corrected chi connectivity index (χ1v) is 7.52.